The summed E-state index contributed by atoms with van der Waals surface area (Å²) in [6, 6.07) is 0.381. The maximum absolute atomic E-state index is 12.1. The Balaban J connectivity index is 2.16. The van der Waals surface area contributed by atoms with Crippen molar-refractivity contribution in [1.82, 2.24) is 9.78 Å². The molecule has 0 aromatic carbocycles. The van der Waals surface area contributed by atoms with Crippen LogP contribution in [0.25, 0.3) is 0 Å². The lowest BCUT2D eigenvalue weighted by molar-refractivity contribution is 0.403. The summed E-state index contributed by atoms with van der Waals surface area (Å²) in [5.74, 6) is 0. The molecule has 2 rings (SSSR count). The normalized spacial score (nSPS) is 23.3. The van der Waals surface area contributed by atoms with E-state index < -0.39 is 0 Å². The van der Waals surface area contributed by atoms with E-state index in [1.54, 1.807) is 6.20 Å². The van der Waals surface area contributed by atoms with E-state index in [2.05, 4.69) is 26.3 Å². The highest BCUT2D eigenvalue weighted by atomic mass is 79.9. The number of nitrogens with two attached hydrogens (primary N) is 1. The molecule has 0 saturated heterocycles. The van der Waals surface area contributed by atoms with E-state index >= 15 is 0 Å². The van der Waals surface area contributed by atoms with Crippen LogP contribution in [0.5, 0.6) is 0 Å². The number of anilines is 1. The van der Waals surface area contributed by atoms with Crippen LogP contribution >= 0.6 is 15.9 Å². The first-order valence-corrected chi connectivity index (χ1v) is 7.70. The first kappa shape index (κ1) is 14.5. The number of aryl methyl sites for hydroxylation is 1. The summed E-state index contributed by atoms with van der Waals surface area (Å²) in [4.78, 5) is 12.1. The molecule has 6 heteroatoms. The molecule has 3 N–H and O–H groups in total. The Morgan fingerprint density at radius 2 is 2.26 bits per heavy atom. The molecule has 106 valence electrons. The van der Waals surface area contributed by atoms with Crippen LogP contribution in [0.1, 0.15) is 39.0 Å². The third kappa shape index (κ3) is 3.36. The van der Waals surface area contributed by atoms with Crippen LogP contribution in [0.15, 0.2) is 15.5 Å². The first-order valence-electron chi connectivity index (χ1n) is 6.91. The van der Waals surface area contributed by atoms with Crippen molar-refractivity contribution in [3.63, 3.8) is 0 Å². The number of hydrogen-bond acceptors (Lipinski definition) is 4. The molecule has 1 fully saturated rings. The molecular weight excluding hydrogens is 308 g/mol. The average Bonchev–Trinajstić information content (AvgIpc) is 2.41. The van der Waals surface area contributed by atoms with Crippen LogP contribution in [0, 0.1) is 0 Å². The molecule has 19 heavy (non-hydrogen) atoms. The molecule has 0 amide bonds. The summed E-state index contributed by atoms with van der Waals surface area (Å²) in [6.45, 7) is 2.66. The highest BCUT2D eigenvalue weighted by molar-refractivity contribution is 9.10. The molecule has 1 saturated carbocycles. The van der Waals surface area contributed by atoms with Gasteiger partial charge in [-0.15, -0.1) is 0 Å². The van der Waals surface area contributed by atoms with Gasteiger partial charge in [-0.25, -0.2) is 4.68 Å². The minimum absolute atomic E-state index is 0.0868. The number of hydrogen-bond donors (Lipinski definition) is 2. The second-order valence-electron chi connectivity index (χ2n) is 5.10. The molecule has 0 aliphatic heterocycles. The van der Waals surface area contributed by atoms with Crippen molar-refractivity contribution in [1.29, 1.82) is 0 Å². The topological polar surface area (TPSA) is 72.9 Å². The molecular formula is C13H21BrN4O. The van der Waals surface area contributed by atoms with E-state index in [9.17, 15) is 4.79 Å². The number of halogens is 1. The highest BCUT2D eigenvalue weighted by Crippen LogP contribution is 2.23. The third-order valence-corrected chi connectivity index (χ3v) is 4.35. The van der Waals surface area contributed by atoms with Gasteiger partial charge >= 0.3 is 0 Å². The van der Waals surface area contributed by atoms with Gasteiger partial charge in [0.25, 0.3) is 5.56 Å². The lowest BCUT2D eigenvalue weighted by atomic mass is 9.91. The molecule has 2 atom stereocenters. The van der Waals surface area contributed by atoms with Crippen LogP contribution in [0.2, 0.25) is 0 Å². The Morgan fingerprint density at radius 1 is 1.53 bits per heavy atom. The molecule has 0 radical (unpaired) electrons. The number of nitrogens with one attached hydrogen (secondary N) is 1. The fraction of sp³-hybridized carbons (Fsp3) is 0.692. The van der Waals surface area contributed by atoms with Gasteiger partial charge in [-0.2, -0.15) is 5.10 Å². The monoisotopic (exact) mass is 328 g/mol. The molecule has 1 aromatic rings. The Morgan fingerprint density at radius 3 is 2.95 bits per heavy atom. The zero-order chi connectivity index (χ0) is 13.8. The Bertz CT molecular complexity index is 488. The fourth-order valence-corrected chi connectivity index (χ4v) is 2.90. The number of aromatic nitrogens is 2. The second-order valence-corrected chi connectivity index (χ2v) is 5.89. The van der Waals surface area contributed by atoms with Crippen molar-refractivity contribution in [3.05, 3.63) is 21.0 Å². The standard InChI is InChI=1S/C13H21BrN4O/c1-2-7-18-13(19)12(14)11(8-16-18)17-10-6-4-3-5-9(10)15/h8-10,17H,2-7,15H2,1H3. The van der Waals surface area contributed by atoms with Crippen molar-refractivity contribution in [3.8, 4) is 0 Å². The van der Waals surface area contributed by atoms with Gasteiger partial charge in [0.1, 0.15) is 4.47 Å². The van der Waals surface area contributed by atoms with E-state index in [1.165, 1.54) is 17.5 Å². The second kappa shape index (κ2) is 6.52. The number of nitrogens with zero attached hydrogens (tertiary/aromatic N) is 2. The molecule has 1 aliphatic carbocycles. The van der Waals surface area contributed by atoms with E-state index in [0.29, 0.717) is 11.0 Å². The molecule has 0 spiro atoms. The average molecular weight is 329 g/mol. The summed E-state index contributed by atoms with van der Waals surface area (Å²) in [5, 5.41) is 7.55. The van der Waals surface area contributed by atoms with Crippen LogP contribution in [0.3, 0.4) is 0 Å². The van der Waals surface area contributed by atoms with Crippen molar-refractivity contribution in [2.75, 3.05) is 5.32 Å². The third-order valence-electron chi connectivity index (χ3n) is 3.58. The lowest BCUT2D eigenvalue weighted by Crippen LogP contribution is -2.43. The van der Waals surface area contributed by atoms with E-state index in [1.807, 2.05) is 6.92 Å². The van der Waals surface area contributed by atoms with E-state index in [4.69, 9.17) is 5.73 Å². The highest BCUT2D eigenvalue weighted by Gasteiger charge is 2.22. The quantitative estimate of drug-likeness (QED) is 0.887. The van der Waals surface area contributed by atoms with Crippen molar-refractivity contribution in [2.45, 2.75) is 57.7 Å². The molecule has 1 aromatic heterocycles. The first-order chi connectivity index (χ1) is 9.13. The van der Waals surface area contributed by atoms with Gasteiger partial charge in [0.15, 0.2) is 0 Å². The van der Waals surface area contributed by atoms with Gasteiger partial charge in [0, 0.05) is 18.6 Å². The lowest BCUT2D eigenvalue weighted by Gasteiger charge is -2.30. The zero-order valence-electron chi connectivity index (χ0n) is 11.2. The maximum atomic E-state index is 12.1. The van der Waals surface area contributed by atoms with Crippen LogP contribution in [0.4, 0.5) is 5.69 Å². The van der Waals surface area contributed by atoms with Crippen LogP contribution in [-0.4, -0.2) is 21.9 Å². The zero-order valence-corrected chi connectivity index (χ0v) is 12.8. The SMILES string of the molecule is CCCn1ncc(NC2CCCCC2N)c(Br)c1=O. The van der Waals surface area contributed by atoms with E-state index in [0.717, 1.165) is 24.9 Å². The molecule has 2 unspecified atom stereocenters. The van der Waals surface area contributed by atoms with Crippen molar-refractivity contribution < 1.29 is 0 Å². The smallest absolute Gasteiger partial charge is 0.283 e. The predicted octanol–water partition coefficient (Wildman–Crippen LogP) is 2.10. The van der Waals surface area contributed by atoms with Gasteiger partial charge in [-0.1, -0.05) is 19.8 Å². The minimum atomic E-state index is -0.0868. The van der Waals surface area contributed by atoms with Gasteiger partial charge in [-0.05, 0) is 35.2 Å². The predicted molar refractivity (Wildman–Crippen MR) is 80.3 cm³/mol. The van der Waals surface area contributed by atoms with Gasteiger partial charge in [-0.3, -0.25) is 4.79 Å². The van der Waals surface area contributed by atoms with Crippen molar-refractivity contribution in [2.24, 2.45) is 5.73 Å². The summed E-state index contributed by atoms with van der Waals surface area (Å²) in [5.41, 5.74) is 6.77. The van der Waals surface area contributed by atoms with Gasteiger partial charge < -0.3 is 11.1 Å². The van der Waals surface area contributed by atoms with Gasteiger partial charge in [0.2, 0.25) is 0 Å². The summed E-state index contributed by atoms with van der Waals surface area (Å²) < 4.78 is 2.03. The van der Waals surface area contributed by atoms with Crippen LogP contribution < -0.4 is 16.6 Å². The number of rotatable bonds is 4. The van der Waals surface area contributed by atoms with Crippen molar-refractivity contribution >= 4 is 21.6 Å². The summed E-state index contributed by atoms with van der Waals surface area (Å²) in [7, 11) is 0. The Kier molecular flexibility index (Phi) is 4.99. The Labute approximate surface area is 121 Å². The molecule has 5 nitrogen and oxygen atoms in total. The molecule has 1 heterocycles. The Hall–Kier alpha value is -0.880. The van der Waals surface area contributed by atoms with E-state index in [-0.39, 0.29) is 17.6 Å². The summed E-state index contributed by atoms with van der Waals surface area (Å²) in [6.07, 6.45) is 7.06. The fourth-order valence-electron chi connectivity index (χ4n) is 2.48. The largest absolute Gasteiger partial charge is 0.378 e. The molecule has 0 bridgehead atoms. The van der Waals surface area contributed by atoms with Gasteiger partial charge in [0.05, 0.1) is 11.9 Å². The minimum Gasteiger partial charge on any atom is -0.378 e. The van der Waals surface area contributed by atoms with Crippen LogP contribution in [-0.2, 0) is 6.54 Å². The summed E-state index contributed by atoms with van der Waals surface area (Å²) >= 11 is 3.37. The molecule has 1 aliphatic rings. The maximum Gasteiger partial charge on any atom is 0.283 e.